The Kier molecular flexibility index (Phi) is 5.86. The number of amides is 1. The molecule has 2 atom stereocenters. The third kappa shape index (κ3) is 4.24. The average molecular weight is 405 g/mol. The van der Waals surface area contributed by atoms with Crippen LogP contribution in [0.1, 0.15) is 23.7 Å². The molecule has 30 heavy (non-hydrogen) atoms. The molecular formula is C24H27N3O3. The highest BCUT2D eigenvalue weighted by Gasteiger charge is 2.33. The van der Waals surface area contributed by atoms with Crippen molar-refractivity contribution in [3.05, 3.63) is 72.6 Å². The summed E-state index contributed by atoms with van der Waals surface area (Å²) in [6.07, 6.45) is 1.46. The normalized spacial score (nSPS) is 17.5. The number of rotatable bonds is 8. The van der Waals surface area contributed by atoms with E-state index in [-0.39, 0.29) is 18.4 Å². The number of ether oxygens (including phenoxy) is 1. The Morgan fingerprint density at radius 2 is 2.13 bits per heavy atom. The highest BCUT2D eigenvalue weighted by atomic mass is 16.5. The van der Waals surface area contributed by atoms with E-state index in [4.69, 9.17) is 9.72 Å². The summed E-state index contributed by atoms with van der Waals surface area (Å²) in [4.78, 5) is 19.0. The van der Waals surface area contributed by atoms with Gasteiger partial charge in [0.25, 0.3) is 0 Å². The van der Waals surface area contributed by atoms with Crippen molar-refractivity contribution in [1.82, 2.24) is 14.5 Å². The molecule has 2 aromatic carbocycles. The SMILES string of the molecule is C=CCN1C[C@H](c2nc3ccccc3n2C[C@H](O)COc2cccc(C)c2)CC1=O. The lowest BCUT2D eigenvalue weighted by Gasteiger charge is -2.18. The number of fused-ring (bicyclic) bond motifs is 1. The number of likely N-dealkylation sites (tertiary alicyclic amines) is 1. The summed E-state index contributed by atoms with van der Waals surface area (Å²) in [5, 5.41) is 10.7. The molecule has 0 unspecified atom stereocenters. The molecule has 1 aliphatic rings. The van der Waals surface area contributed by atoms with E-state index < -0.39 is 6.10 Å². The fourth-order valence-electron chi connectivity index (χ4n) is 4.04. The molecule has 0 radical (unpaired) electrons. The van der Waals surface area contributed by atoms with Crippen LogP contribution in [0, 0.1) is 6.92 Å². The number of aliphatic hydroxyl groups is 1. The second-order valence-electron chi connectivity index (χ2n) is 7.84. The van der Waals surface area contributed by atoms with Gasteiger partial charge in [-0.15, -0.1) is 6.58 Å². The number of nitrogens with zero attached hydrogens (tertiary/aromatic N) is 3. The Balaban J connectivity index is 1.54. The summed E-state index contributed by atoms with van der Waals surface area (Å²) >= 11 is 0. The zero-order valence-corrected chi connectivity index (χ0v) is 17.2. The zero-order chi connectivity index (χ0) is 21.1. The largest absolute Gasteiger partial charge is 0.491 e. The fourth-order valence-corrected chi connectivity index (χ4v) is 4.04. The van der Waals surface area contributed by atoms with E-state index in [0.717, 1.165) is 28.2 Å². The van der Waals surface area contributed by atoms with Gasteiger partial charge in [-0.05, 0) is 36.8 Å². The molecule has 0 saturated carbocycles. The molecule has 156 valence electrons. The maximum atomic E-state index is 12.4. The summed E-state index contributed by atoms with van der Waals surface area (Å²) in [6, 6.07) is 15.6. The summed E-state index contributed by atoms with van der Waals surface area (Å²) in [5.74, 6) is 1.69. The molecule has 3 aromatic rings. The van der Waals surface area contributed by atoms with Crippen molar-refractivity contribution in [2.45, 2.75) is 31.9 Å². The van der Waals surface area contributed by atoms with Crippen molar-refractivity contribution in [2.75, 3.05) is 19.7 Å². The number of aryl methyl sites for hydroxylation is 1. The van der Waals surface area contributed by atoms with Crippen LogP contribution in [0.2, 0.25) is 0 Å². The van der Waals surface area contributed by atoms with E-state index in [1.165, 1.54) is 0 Å². The Morgan fingerprint density at radius 3 is 2.93 bits per heavy atom. The number of aromatic nitrogens is 2. The third-order valence-electron chi connectivity index (χ3n) is 5.44. The number of carbonyl (C=O) groups excluding carboxylic acids is 1. The minimum atomic E-state index is -0.705. The lowest BCUT2D eigenvalue weighted by molar-refractivity contribution is -0.127. The van der Waals surface area contributed by atoms with Crippen molar-refractivity contribution in [3.8, 4) is 5.75 Å². The molecule has 1 fully saturated rings. The van der Waals surface area contributed by atoms with Crippen LogP contribution in [0.15, 0.2) is 61.2 Å². The van der Waals surface area contributed by atoms with Crippen molar-refractivity contribution in [1.29, 1.82) is 0 Å². The highest BCUT2D eigenvalue weighted by Crippen LogP contribution is 2.30. The minimum Gasteiger partial charge on any atom is -0.491 e. The van der Waals surface area contributed by atoms with Crippen LogP contribution in [0.4, 0.5) is 0 Å². The predicted octanol–water partition coefficient (Wildman–Crippen LogP) is 3.29. The zero-order valence-electron chi connectivity index (χ0n) is 17.2. The van der Waals surface area contributed by atoms with E-state index in [9.17, 15) is 9.90 Å². The van der Waals surface area contributed by atoms with Gasteiger partial charge < -0.3 is 19.3 Å². The molecule has 6 heteroatoms. The van der Waals surface area contributed by atoms with Gasteiger partial charge >= 0.3 is 0 Å². The quantitative estimate of drug-likeness (QED) is 0.584. The van der Waals surface area contributed by atoms with Crippen molar-refractivity contribution in [2.24, 2.45) is 0 Å². The Labute approximate surface area is 176 Å². The Morgan fingerprint density at radius 1 is 1.30 bits per heavy atom. The summed E-state index contributed by atoms with van der Waals surface area (Å²) in [5.41, 5.74) is 2.94. The molecule has 1 N–H and O–H groups in total. The highest BCUT2D eigenvalue weighted by molar-refractivity contribution is 5.81. The van der Waals surface area contributed by atoms with E-state index in [1.54, 1.807) is 11.0 Å². The van der Waals surface area contributed by atoms with Crippen LogP contribution in [-0.4, -0.2) is 51.3 Å². The predicted molar refractivity (Wildman–Crippen MR) is 117 cm³/mol. The molecule has 0 bridgehead atoms. The first-order chi connectivity index (χ1) is 14.5. The van der Waals surface area contributed by atoms with Crippen molar-refractivity contribution < 1.29 is 14.6 Å². The van der Waals surface area contributed by atoms with Crippen LogP contribution in [0.3, 0.4) is 0 Å². The Bertz CT molecular complexity index is 1060. The van der Waals surface area contributed by atoms with Crippen LogP contribution < -0.4 is 4.74 Å². The van der Waals surface area contributed by atoms with Gasteiger partial charge in [0.1, 0.15) is 24.3 Å². The lowest BCUT2D eigenvalue weighted by atomic mass is 10.1. The molecule has 0 spiro atoms. The number of hydrogen-bond donors (Lipinski definition) is 1. The molecule has 1 amide bonds. The van der Waals surface area contributed by atoms with E-state index in [0.29, 0.717) is 26.1 Å². The topological polar surface area (TPSA) is 67.6 Å². The van der Waals surface area contributed by atoms with Gasteiger partial charge in [0.2, 0.25) is 5.91 Å². The summed E-state index contributed by atoms with van der Waals surface area (Å²) in [7, 11) is 0. The van der Waals surface area contributed by atoms with Crippen LogP contribution in [-0.2, 0) is 11.3 Å². The average Bonchev–Trinajstić information content (AvgIpc) is 3.28. The lowest BCUT2D eigenvalue weighted by Crippen LogP contribution is -2.26. The van der Waals surface area contributed by atoms with Gasteiger partial charge in [-0.2, -0.15) is 0 Å². The smallest absolute Gasteiger partial charge is 0.223 e. The van der Waals surface area contributed by atoms with Gasteiger partial charge in [0, 0.05) is 25.4 Å². The molecule has 2 heterocycles. The van der Waals surface area contributed by atoms with Crippen molar-refractivity contribution in [3.63, 3.8) is 0 Å². The second kappa shape index (κ2) is 8.71. The molecule has 1 aromatic heterocycles. The molecule has 1 saturated heterocycles. The number of para-hydroxylation sites is 2. The van der Waals surface area contributed by atoms with Gasteiger partial charge in [-0.1, -0.05) is 30.3 Å². The molecule has 0 aliphatic carbocycles. The maximum Gasteiger partial charge on any atom is 0.223 e. The number of carbonyl (C=O) groups is 1. The van der Waals surface area contributed by atoms with Gasteiger partial charge in [-0.3, -0.25) is 4.79 Å². The van der Waals surface area contributed by atoms with E-state index in [1.807, 2.05) is 60.0 Å². The fraction of sp³-hybridized carbons (Fsp3) is 0.333. The monoisotopic (exact) mass is 405 g/mol. The number of aliphatic hydroxyl groups excluding tert-OH is 1. The first-order valence-corrected chi connectivity index (χ1v) is 10.3. The van der Waals surface area contributed by atoms with E-state index >= 15 is 0 Å². The van der Waals surface area contributed by atoms with Gasteiger partial charge in [0.15, 0.2) is 0 Å². The number of benzene rings is 2. The number of imidazole rings is 1. The first-order valence-electron chi connectivity index (χ1n) is 10.3. The van der Waals surface area contributed by atoms with Crippen LogP contribution in [0.5, 0.6) is 5.75 Å². The van der Waals surface area contributed by atoms with Crippen LogP contribution in [0.25, 0.3) is 11.0 Å². The standard InChI is InChI=1S/C24H27N3O3/c1-3-11-26-14-18(13-23(26)29)24-25-21-9-4-5-10-22(21)27(24)15-19(28)16-30-20-8-6-7-17(2)12-20/h3-10,12,18-19,28H,1,11,13-16H2,2H3/t18-,19+/m1/s1. The van der Waals surface area contributed by atoms with E-state index in [2.05, 4.69) is 6.58 Å². The molecule has 6 nitrogen and oxygen atoms in total. The third-order valence-corrected chi connectivity index (χ3v) is 5.44. The second-order valence-corrected chi connectivity index (χ2v) is 7.84. The van der Waals surface area contributed by atoms with Gasteiger partial charge in [-0.25, -0.2) is 4.98 Å². The Hall–Kier alpha value is -3.12. The maximum absolute atomic E-state index is 12.4. The summed E-state index contributed by atoms with van der Waals surface area (Å²) in [6.45, 7) is 7.44. The van der Waals surface area contributed by atoms with Gasteiger partial charge in [0.05, 0.1) is 17.6 Å². The molecule has 4 rings (SSSR count). The molecule has 1 aliphatic heterocycles. The number of hydrogen-bond acceptors (Lipinski definition) is 4. The minimum absolute atomic E-state index is 0.00487. The first kappa shape index (κ1) is 20.2. The van der Waals surface area contributed by atoms with Crippen LogP contribution >= 0.6 is 0 Å². The molecular weight excluding hydrogens is 378 g/mol. The van der Waals surface area contributed by atoms with Crippen molar-refractivity contribution >= 4 is 16.9 Å². The summed E-state index contributed by atoms with van der Waals surface area (Å²) < 4.78 is 7.82.